The predicted molar refractivity (Wildman–Crippen MR) is 96.3 cm³/mol. The molecule has 0 atom stereocenters. The molecule has 0 spiro atoms. The van der Waals surface area contributed by atoms with Crippen LogP contribution >= 0.6 is 0 Å². The number of Topliss-reactive ketones (excluding diaryl/α,β-unsaturated/α-hetero) is 1. The number of hydrogen-bond donors (Lipinski definition) is 1. The van der Waals surface area contributed by atoms with Crippen LogP contribution in [0.2, 0.25) is 0 Å². The molecule has 0 fully saturated rings. The minimum absolute atomic E-state index is 0.0215. The van der Waals surface area contributed by atoms with Gasteiger partial charge in [-0.3, -0.25) is 14.6 Å². The number of ketones is 1. The van der Waals surface area contributed by atoms with Crippen molar-refractivity contribution in [3.63, 3.8) is 0 Å². The highest BCUT2D eigenvalue weighted by atomic mass is 19.1. The number of nitrogens with one attached hydrogen (secondary N) is 1. The highest BCUT2D eigenvalue weighted by Crippen LogP contribution is 2.11. The summed E-state index contributed by atoms with van der Waals surface area (Å²) >= 11 is 0. The molecule has 2 aromatic carbocycles. The average molecular weight is 348 g/mol. The van der Waals surface area contributed by atoms with Gasteiger partial charge in [-0.1, -0.05) is 42.5 Å². The van der Waals surface area contributed by atoms with Crippen molar-refractivity contribution >= 4 is 11.7 Å². The van der Waals surface area contributed by atoms with Crippen LogP contribution in [0.4, 0.5) is 4.39 Å². The highest BCUT2D eigenvalue weighted by molar-refractivity contribution is 5.98. The summed E-state index contributed by atoms with van der Waals surface area (Å²) < 4.78 is 13.7. The van der Waals surface area contributed by atoms with E-state index < -0.39 is 5.82 Å². The zero-order chi connectivity index (χ0) is 18.4. The first-order valence-electron chi connectivity index (χ1n) is 8.18. The molecule has 1 aromatic heterocycles. The van der Waals surface area contributed by atoms with Gasteiger partial charge in [0.2, 0.25) is 0 Å². The molecule has 3 rings (SSSR count). The Labute approximate surface area is 150 Å². The second kappa shape index (κ2) is 8.16. The Kier molecular flexibility index (Phi) is 5.49. The molecule has 130 valence electrons. The minimum atomic E-state index is -0.561. The van der Waals surface area contributed by atoms with E-state index in [4.69, 9.17) is 0 Å². The maximum atomic E-state index is 13.7. The van der Waals surface area contributed by atoms with Crippen LogP contribution < -0.4 is 5.32 Å². The van der Waals surface area contributed by atoms with Crippen molar-refractivity contribution in [3.05, 3.63) is 101 Å². The molecule has 0 aliphatic carbocycles. The minimum Gasteiger partial charge on any atom is -0.348 e. The molecule has 0 aliphatic rings. The first-order chi connectivity index (χ1) is 12.6. The summed E-state index contributed by atoms with van der Waals surface area (Å²) in [6, 6.07) is 18.5. The molecular formula is C21H17FN2O2. The number of pyridine rings is 1. The zero-order valence-corrected chi connectivity index (χ0v) is 14.0. The van der Waals surface area contributed by atoms with Gasteiger partial charge in [-0.2, -0.15) is 0 Å². The molecule has 0 saturated carbocycles. The maximum Gasteiger partial charge on any atom is 0.251 e. The molecule has 0 saturated heterocycles. The normalized spacial score (nSPS) is 10.3. The van der Waals surface area contributed by atoms with Gasteiger partial charge in [-0.05, 0) is 29.8 Å². The molecule has 0 bridgehead atoms. The molecule has 0 aliphatic heterocycles. The Hall–Kier alpha value is -3.34. The van der Waals surface area contributed by atoms with Gasteiger partial charge in [0.1, 0.15) is 5.82 Å². The third-order valence-electron chi connectivity index (χ3n) is 3.89. The molecule has 3 aromatic rings. The molecular weight excluding hydrogens is 331 g/mol. The van der Waals surface area contributed by atoms with Gasteiger partial charge in [0.05, 0.1) is 12.0 Å². The molecule has 1 N–H and O–H groups in total. The summed E-state index contributed by atoms with van der Waals surface area (Å²) in [5.41, 5.74) is 1.84. The first-order valence-corrected chi connectivity index (χ1v) is 8.18. The number of nitrogens with zero attached hydrogens (tertiary/aromatic N) is 1. The van der Waals surface area contributed by atoms with Crippen molar-refractivity contribution in [1.29, 1.82) is 0 Å². The topological polar surface area (TPSA) is 59.1 Å². The van der Waals surface area contributed by atoms with E-state index in [0.717, 1.165) is 5.56 Å². The lowest BCUT2D eigenvalue weighted by Gasteiger charge is -2.07. The van der Waals surface area contributed by atoms with E-state index in [1.54, 1.807) is 18.2 Å². The number of rotatable bonds is 6. The van der Waals surface area contributed by atoms with E-state index in [9.17, 15) is 14.0 Å². The van der Waals surface area contributed by atoms with Gasteiger partial charge >= 0.3 is 0 Å². The fourth-order valence-electron chi connectivity index (χ4n) is 2.54. The standard InChI is InChI=1S/C21H17FN2O2/c22-19-9-5-4-8-18(19)20(25)13-17-12-16(10-11-23-17)21(26)24-14-15-6-2-1-3-7-15/h1-12H,13-14H2,(H,24,26). The molecule has 0 radical (unpaired) electrons. The molecule has 5 heteroatoms. The Bertz CT molecular complexity index is 926. The average Bonchev–Trinajstić information content (AvgIpc) is 2.67. The summed E-state index contributed by atoms with van der Waals surface area (Å²) in [5, 5.41) is 2.82. The summed E-state index contributed by atoms with van der Waals surface area (Å²) in [6.45, 7) is 0.408. The lowest BCUT2D eigenvalue weighted by atomic mass is 10.0. The van der Waals surface area contributed by atoms with Crippen molar-refractivity contribution < 1.29 is 14.0 Å². The van der Waals surface area contributed by atoms with Gasteiger partial charge in [0.25, 0.3) is 5.91 Å². The quantitative estimate of drug-likeness (QED) is 0.693. The van der Waals surface area contributed by atoms with Crippen LogP contribution in [-0.4, -0.2) is 16.7 Å². The second-order valence-corrected chi connectivity index (χ2v) is 5.78. The van der Waals surface area contributed by atoms with Crippen molar-refractivity contribution in [2.75, 3.05) is 0 Å². The third-order valence-corrected chi connectivity index (χ3v) is 3.89. The van der Waals surface area contributed by atoms with Crippen LogP contribution in [0.5, 0.6) is 0 Å². The van der Waals surface area contributed by atoms with Crippen LogP contribution in [-0.2, 0) is 13.0 Å². The van der Waals surface area contributed by atoms with E-state index in [1.807, 2.05) is 30.3 Å². The third kappa shape index (κ3) is 4.39. The Balaban J connectivity index is 1.67. The van der Waals surface area contributed by atoms with Gasteiger partial charge in [-0.15, -0.1) is 0 Å². The smallest absolute Gasteiger partial charge is 0.251 e. The first kappa shape index (κ1) is 17.5. The van der Waals surface area contributed by atoms with E-state index in [-0.39, 0.29) is 23.7 Å². The van der Waals surface area contributed by atoms with Crippen molar-refractivity contribution in [3.8, 4) is 0 Å². The van der Waals surface area contributed by atoms with Gasteiger partial charge in [0.15, 0.2) is 5.78 Å². The molecule has 1 amide bonds. The van der Waals surface area contributed by atoms with E-state index in [0.29, 0.717) is 17.8 Å². The van der Waals surface area contributed by atoms with E-state index in [1.165, 1.54) is 24.4 Å². The molecule has 1 heterocycles. The van der Waals surface area contributed by atoms with Crippen molar-refractivity contribution in [2.45, 2.75) is 13.0 Å². The number of aromatic nitrogens is 1. The fraction of sp³-hybridized carbons (Fsp3) is 0.0952. The molecule has 0 unspecified atom stereocenters. The highest BCUT2D eigenvalue weighted by Gasteiger charge is 2.14. The van der Waals surface area contributed by atoms with Crippen molar-refractivity contribution in [1.82, 2.24) is 10.3 Å². The number of halogens is 1. The van der Waals surface area contributed by atoms with Gasteiger partial charge in [0, 0.05) is 24.0 Å². The molecule has 4 nitrogen and oxygen atoms in total. The SMILES string of the molecule is O=C(NCc1ccccc1)c1ccnc(CC(=O)c2ccccc2F)c1. The van der Waals surface area contributed by atoms with Crippen molar-refractivity contribution in [2.24, 2.45) is 0 Å². The fourth-order valence-corrected chi connectivity index (χ4v) is 2.54. The monoisotopic (exact) mass is 348 g/mol. The Morgan fingerprint density at radius 3 is 2.46 bits per heavy atom. The zero-order valence-electron chi connectivity index (χ0n) is 14.0. The number of benzene rings is 2. The van der Waals surface area contributed by atoms with Gasteiger partial charge < -0.3 is 5.32 Å². The summed E-state index contributed by atoms with van der Waals surface area (Å²) in [7, 11) is 0. The lowest BCUT2D eigenvalue weighted by Crippen LogP contribution is -2.23. The van der Waals surface area contributed by atoms with Crippen LogP contribution in [0.1, 0.15) is 32.0 Å². The number of amides is 1. The van der Waals surface area contributed by atoms with Crippen LogP contribution in [0.3, 0.4) is 0 Å². The van der Waals surface area contributed by atoms with E-state index in [2.05, 4.69) is 10.3 Å². The predicted octanol–water partition coefficient (Wildman–Crippen LogP) is 3.58. The molecule has 26 heavy (non-hydrogen) atoms. The Morgan fingerprint density at radius 1 is 0.962 bits per heavy atom. The Morgan fingerprint density at radius 2 is 1.69 bits per heavy atom. The largest absolute Gasteiger partial charge is 0.348 e. The van der Waals surface area contributed by atoms with Crippen LogP contribution in [0.15, 0.2) is 72.9 Å². The number of carbonyl (C=O) groups excluding carboxylic acids is 2. The second-order valence-electron chi connectivity index (χ2n) is 5.78. The number of carbonyl (C=O) groups is 2. The maximum absolute atomic E-state index is 13.7. The van der Waals surface area contributed by atoms with Crippen LogP contribution in [0, 0.1) is 5.82 Å². The summed E-state index contributed by atoms with van der Waals surface area (Å²) in [4.78, 5) is 28.7. The van der Waals surface area contributed by atoms with Gasteiger partial charge in [-0.25, -0.2) is 4.39 Å². The summed E-state index contributed by atoms with van der Waals surface area (Å²) in [6.07, 6.45) is 1.40. The van der Waals surface area contributed by atoms with E-state index >= 15 is 0 Å². The summed E-state index contributed by atoms with van der Waals surface area (Å²) in [5.74, 6) is -1.19. The number of hydrogen-bond acceptors (Lipinski definition) is 3. The lowest BCUT2D eigenvalue weighted by molar-refractivity contribution is 0.0947. The van der Waals surface area contributed by atoms with Crippen LogP contribution in [0.25, 0.3) is 0 Å².